The molecule has 0 aromatic heterocycles. The summed E-state index contributed by atoms with van der Waals surface area (Å²) in [5.74, 6) is -0.954. The molecule has 0 bridgehead atoms. The van der Waals surface area contributed by atoms with Crippen LogP contribution in [0.15, 0.2) is 134 Å². The molecule has 0 N–H and O–H groups in total. The summed E-state index contributed by atoms with van der Waals surface area (Å²) < 4.78 is 16.8. The molecule has 71 heavy (non-hydrogen) atoms. The maximum Gasteiger partial charge on any atom is 0.306 e. The predicted molar refractivity (Wildman–Crippen MR) is 306 cm³/mol. The minimum atomic E-state index is -0.805. The van der Waals surface area contributed by atoms with Gasteiger partial charge in [-0.05, 0) is 116 Å². The Kier molecular flexibility index (Phi) is 54.5. The van der Waals surface area contributed by atoms with E-state index in [0.717, 1.165) is 148 Å². The predicted octanol–water partition coefficient (Wildman–Crippen LogP) is 19.4. The second kappa shape index (κ2) is 58.1. The van der Waals surface area contributed by atoms with Gasteiger partial charge < -0.3 is 14.2 Å². The van der Waals surface area contributed by atoms with Crippen LogP contribution in [0.2, 0.25) is 0 Å². The molecule has 6 nitrogen and oxygen atoms in total. The third-order valence-electron chi connectivity index (χ3n) is 11.7. The lowest BCUT2D eigenvalue weighted by Gasteiger charge is -2.18. The zero-order valence-electron chi connectivity index (χ0n) is 45.7. The van der Waals surface area contributed by atoms with Crippen LogP contribution in [-0.4, -0.2) is 37.2 Å². The van der Waals surface area contributed by atoms with Crippen LogP contribution in [0.4, 0.5) is 0 Å². The number of allylic oxidation sites excluding steroid dienone is 22. The van der Waals surface area contributed by atoms with Crippen molar-refractivity contribution in [3.05, 3.63) is 134 Å². The van der Waals surface area contributed by atoms with Gasteiger partial charge in [0.25, 0.3) is 0 Å². The van der Waals surface area contributed by atoms with Crippen molar-refractivity contribution < 1.29 is 28.6 Å². The zero-order valence-corrected chi connectivity index (χ0v) is 45.7. The fraction of sp³-hybridized carbons (Fsp3) is 0.615. The Bertz CT molecular complexity index is 1550. The molecule has 0 saturated heterocycles. The summed E-state index contributed by atoms with van der Waals surface area (Å²) in [5.41, 5.74) is 0. The summed E-state index contributed by atoms with van der Waals surface area (Å²) in [7, 11) is 0. The summed E-state index contributed by atoms with van der Waals surface area (Å²) >= 11 is 0. The van der Waals surface area contributed by atoms with Crippen molar-refractivity contribution in [2.24, 2.45) is 0 Å². The Morgan fingerprint density at radius 3 is 0.873 bits per heavy atom. The SMILES string of the molecule is CC/C=C\C/C=C\C/C=C\C/C=C\C/C=C\C/C=C\CCCCCCCCC(=O)OCC(COC(=O)CCCCCCCCCCC)OC(=O)CCCCC/C=C\C/C=C\C/C=C\C/C=C\C/C=C\CC. The minimum absolute atomic E-state index is 0.0993. The van der Waals surface area contributed by atoms with E-state index in [0.29, 0.717) is 12.8 Å². The van der Waals surface area contributed by atoms with Gasteiger partial charge in [0.15, 0.2) is 6.10 Å². The fourth-order valence-corrected chi connectivity index (χ4v) is 7.41. The molecule has 1 unspecified atom stereocenters. The van der Waals surface area contributed by atoms with Crippen LogP contribution in [-0.2, 0) is 28.6 Å². The van der Waals surface area contributed by atoms with Crippen LogP contribution in [0, 0.1) is 0 Å². The van der Waals surface area contributed by atoms with E-state index in [9.17, 15) is 14.4 Å². The Balaban J connectivity index is 4.38. The third kappa shape index (κ3) is 56.3. The van der Waals surface area contributed by atoms with Gasteiger partial charge in [0.1, 0.15) is 13.2 Å². The molecule has 0 spiro atoms. The topological polar surface area (TPSA) is 78.9 Å². The molecule has 0 aliphatic rings. The van der Waals surface area contributed by atoms with Gasteiger partial charge in [-0.1, -0.05) is 238 Å². The molecule has 0 aliphatic carbocycles. The number of rotatable bonds is 50. The van der Waals surface area contributed by atoms with Crippen LogP contribution in [0.1, 0.15) is 239 Å². The monoisotopic (exact) mass is 981 g/mol. The van der Waals surface area contributed by atoms with Crippen molar-refractivity contribution in [1.29, 1.82) is 0 Å². The molecule has 0 amide bonds. The number of esters is 3. The van der Waals surface area contributed by atoms with E-state index in [1.165, 1.54) is 51.4 Å². The number of hydrogen-bond acceptors (Lipinski definition) is 6. The van der Waals surface area contributed by atoms with Gasteiger partial charge >= 0.3 is 17.9 Å². The Hall–Kier alpha value is -4.45. The molecule has 400 valence electrons. The average Bonchev–Trinajstić information content (AvgIpc) is 3.37. The molecule has 0 fully saturated rings. The highest BCUT2D eigenvalue weighted by Crippen LogP contribution is 2.14. The summed E-state index contributed by atoms with van der Waals surface area (Å²) in [6, 6.07) is 0. The lowest BCUT2D eigenvalue weighted by atomic mass is 10.1. The molecular weight excluding hydrogens is 877 g/mol. The lowest BCUT2D eigenvalue weighted by Crippen LogP contribution is -2.30. The smallest absolute Gasteiger partial charge is 0.306 e. The standard InChI is InChI=1S/C65H104O6/c1-4-7-10-13-16-19-21-23-25-27-29-30-31-32-33-34-36-37-39-41-43-46-49-52-55-58-64(67)70-61-62(60-69-63(66)57-54-51-48-45-18-15-12-9-6-3)71-65(68)59-56-53-50-47-44-42-40-38-35-28-26-24-22-20-17-14-11-8-5-2/h7-8,10-11,16-17,19-20,23-26,29-30,32-33,35-38,42,44,62H,4-6,9,12-15,18,21-22,27-28,31,34,39-41,43,45-61H2,1-3H3/b10-7-,11-8-,19-16-,20-17-,25-23-,26-24-,30-29-,33-32-,37-36-,38-35-,44-42-. The van der Waals surface area contributed by atoms with Crippen LogP contribution < -0.4 is 0 Å². The average molecular weight is 982 g/mol. The van der Waals surface area contributed by atoms with Gasteiger partial charge in [0.2, 0.25) is 0 Å². The molecule has 0 aromatic carbocycles. The normalized spacial score (nSPS) is 13.1. The summed E-state index contributed by atoms with van der Waals surface area (Å²) in [6.07, 6.45) is 81.6. The van der Waals surface area contributed by atoms with Crippen molar-refractivity contribution in [1.82, 2.24) is 0 Å². The molecule has 0 aliphatic heterocycles. The van der Waals surface area contributed by atoms with Crippen LogP contribution in [0.25, 0.3) is 0 Å². The number of carbonyl (C=O) groups is 3. The lowest BCUT2D eigenvalue weighted by molar-refractivity contribution is -0.167. The summed E-state index contributed by atoms with van der Waals surface area (Å²) in [4.78, 5) is 38.1. The van der Waals surface area contributed by atoms with Crippen LogP contribution in [0.5, 0.6) is 0 Å². The van der Waals surface area contributed by atoms with Gasteiger partial charge in [0.05, 0.1) is 0 Å². The molecule has 0 rings (SSSR count). The first-order valence-corrected chi connectivity index (χ1v) is 28.7. The van der Waals surface area contributed by atoms with E-state index in [1.54, 1.807) is 0 Å². The Morgan fingerprint density at radius 2 is 0.549 bits per heavy atom. The zero-order chi connectivity index (χ0) is 51.4. The van der Waals surface area contributed by atoms with Crippen LogP contribution in [0.3, 0.4) is 0 Å². The van der Waals surface area contributed by atoms with Crippen molar-refractivity contribution in [2.75, 3.05) is 13.2 Å². The fourth-order valence-electron chi connectivity index (χ4n) is 7.41. The van der Waals surface area contributed by atoms with E-state index >= 15 is 0 Å². The number of unbranched alkanes of at least 4 members (excludes halogenated alkanes) is 17. The summed E-state index contributed by atoms with van der Waals surface area (Å²) in [6.45, 7) is 6.34. The second-order valence-corrected chi connectivity index (χ2v) is 18.4. The third-order valence-corrected chi connectivity index (χ3v) is 11.7. The molecule has 0 aromatic rings. The van der Waals surface area contributed by atoms with Gasteiger partial charge in [-0.15, -0.1) is 0 Å². The van der Waals surface area contributed by atoms with E-state index in [-0.39, 0.29) is 37.5 Å². The number of carbonyl (C=O) groups excluding carboxylic acids is 3. The minimum Gasteiger partial charge on any atom is -0.462 e. The van der Waals surface area contributed by atoms with Gasteiger partial charge in [0, 0.05) is 19.3 Å². The molecule has 0 saturated carbocycles. The molecule has 1 atom stereocenters. The van der Waals surface area contributed by atoms with Gasteiger partial charge in [-0.3, -0.25) is 14.4 Å². The highest BCUT2D eigenvalue weighted by molar-refractivity contribution is 5.71. The van der Waals surface area contributed by atoms with Gasteiger partial charge in [-0.25, -0.2) is 0 Å². The van der Waals surface area contributed by atoms with E-state index in [4.69, 9.17) is 14.2 Å². The maximum atomic E-state index is 12.8. The van der Waals surface area contributed by atoms with Crippen molar-refractivity contribution in [3.63, 3.8) is 0 Å². The van der Waals surface area contributed by atoms with Gasteiger partial charge in [-0.2, -0.15) is 0 Å². The van der Waals surface area contributed by atoms with E-state index in [2.05, 4.69) is 154 Å². The summed E-state index contributed by atoms with van der Waals surface area (Å²) in [5, 5.41) is 0. The number of hydrogen-bond donors (Lipinski definition) is 0. The van der Waals surface area contributed by atoms with Crippen molar-refractivity contribution in [3.8, 4) is 0 Å². The highest BCUT2D eigenvalue weighted by Gasteiger charge is 2.19. The van der Waals surface area contributed by atoms with Crippen molar-refractivity contribution >= 4 is 17.9 Å². The largest absolute Gasteiger partial charge is 0.462 e. The van der Waals surface area contributed by atoms with Crippen molar-refractivity contribution in [2.45, 2.75) is 245 Å². The quantitative estimate of drug-likeness (QED) is 0.0262. The molecular formula is C65H104O6. The van der Waals surface area contributed by atoms with E-state index < -0.39 is 6.10 Å². The first kappa shape index (κ1) is 66.6. The molecule has 0 radical (unpaired) electrons. The molecule has 6 heteroatoms. The second-order valence-electron chi connectivity index (χ2n) is 18.4. The first-order chi connectivity index (χ1) is 35.0. The number of ether oxygens (including phenoxy) is 3. The Labute approximate surface area is 436 Å². The van der Waals surface area contributed by atoms with Crippen LogP contribution >= 0.6 is 0 Å². The highest BCUT2D eigenvalue weighted by atomic mass is 16.6. The molecule has 0 heterocycles. The Morgan fingerprint density at radius 1 is 0.296 bits per heavy atom. The maximum absolute atomic E-state index is 12.8. The first-order valence-electron chi connectivity index (χ1n) is 28.7. The van der Waals surface area contributed by atoms with E-state index in [1.807, 2.05) is 0 Å².